The number of aliphatic hydroxyl groups is 1. The normalized spacial score (nSPS) is 12.2. The average Bonchev–Trinajstić information content (AvgIpc) is 2.40. The predicted octanol–water partition coefficient (Wildman–Crippen LogP) is 2.77. The number of aromatic nitrogens is 1. The fraction of sp³-hybridized carbons (Fsp3) is 0.267. The number of pyridine rings is 1. The lowest BCUT2D eigenvalue weighted by atomic mass is 10.1. The monoisotopic (exact) mass is 242 g/mol. The van der Waals surface area contributed by atoms with Gasteiger partial charge in [-0.1, -0.05) is 36.4 Å². The molecule has 0 aliphatic heterocycles. The first-order valence-electron chi connectivity index (χ1n) is 6.06. The fourth-order valence-corrected chi connectivity index (χ4v) is 1.99. The highest BCUT2D eigenvalue weighted by atomic mass is 16.3. The molecule has 0 unspecified atom stereocenters. The second kappa shape index (κ2) is 5.65. The summed E-state index contributed by atoms with van der Waals surface area (Å²) in [5.41, 5.74) is 2.08. The Labute approximate surface area is 108 Å². The lowest BCUT2D eigenvalue weighted by Gasteiger charge is -2.22. The molecule has 2 rings (SSSR count). The second-order valence-electron chi connectivity index (χ2n) is 4.43. The van der Waals surface area contributed by atoms with Crippen LogP contribution in [0.2, 0.25) is 0 Å². The number of rotatable bonds is 4. The lowest BCUT2D eigenvalue weighted by molar-refractivity contribution is 0.199. The molecule has 3 heteroatoms. The van der Waals surface area contributed by atoms with E-state index >= 15 is 0 Å². The van der Waals surface area contributed by atoms with Gasteiger partial charge in [-0.05, 0) is 18.6 Å². The first-order valence-corrected chi connectivity index (χ1v) is 6.06. The number of aliphatic hydroxyl groups excluding tert-OH is 1. The molecule has 0 aliphatic carbocycles. The van der Waals surface area contributed by atoms with Crippen molar-refractivity contribution in [3.05, 3.63) is 59.8 Å². The molecule has 0 spiro atoms. The molecule has 3 nitrogen and oxygen atoms in total. The molecule has 1 N–H and O–H groups in total. The molecule has 0 saturated heterocycles. The van der Waals surface area contributed by atoms with Crippen LogP contribution in [0.15, 0.2) is 48.7 Å². The fourth-order valence-electron chi connectivity index (χ4n) is 1.99. The SMILES string of the molecule is C[C@H](O)c1cccnc1N(C)Cc1ccccc1. The Morgan fingerprint density at radius 1 is 1.17 bits per heavy atom. The summed E-state index contributed by atoms with van der Waals surface area (Å²) in [6.07, 6.45) is 1.25. The van der Waals surface area contributed by atoms with Crippen LogP contribution >= 0.6 is 0 Å². The Balaban J connectivity index is 2.21. The van der Waals surface area contributed by atoms with E-state index in [-0.39, 0.29) is 0 Å². The summed E-state index contributed by atoms with van der Waals surface area (Å²) in [7, 11) is 1.99. The maximum atomic E-state index is 9.75. The van der Waals surface area contributed by atoms with Crippen molar-refractivity contribution in [2.45, 2.75) is 19.6 Å². The molecule has 1 aromatic carbocycles. The van der Waals surface area contributed by atoms with Crippen molar-refractivity contribution in [2.75, 3.05) is 11.9 Å². The van der Waals surface area contributed by atoms with E-state index in [2.05, 4.69) is 22.0 Å². The van der Waals surface area contributed by atoms with Crippen molar-refractivity contribution in [2.24, 2.45) is 0 Å². The van der Waals surface area contributed by atoms with Gasteiger partial charge in [0.15, 0.2) is 0 Å². The first-order chi connectivity index (χ1) is 8.68. The van der Waals surface area contributed by atoms with Crippen molar-refractivity contribution >= 4 is 5.82 Å². The minimum atomic E-state index is -0.507. The highest BCUT2D eigenvalue weighted by Crippen LogP contribution is 2.23. The van der Waals surface area contributed by atoms with Gasteiger partial charge >= 0.3 is 0 Å². The minimum absolute atomic E-state index is 0.507. The Morgan fingerprint density at radius 2 is 1.89 bits per heavy atom. The molecule has 0 saturated carbocycles. The molecule has 1 atom stereocenters. The number of anilines is 1. The van der Waals surface area contributed by atoms with Gasteiger partial charge in [0.2, 0.25) is 0 Å². The van der Waals surface area contributed by atoms with Crippen LogP contribution in [0.25, 0.3) is 0 Å². The maximum absolute atomic E-state index is 9.75. The van der Waals surface area contributed by atoms with Crippen LogP contribution in [-0.4, -0.2) is 17.1 Å². The van der Waals surface area contributed by atoms with Gasteiger partial charge in [-0.25, -0.2) is 4.98 Å². The number of hydrogen-bond donors (Lipinski definition) is 1. The van der Waals surface area contributed by atoms with Gasteiger partial charge in [-0.2, -0.15) is 0 Å². The first kappa shape index (κ1) is 12.6. The van der Waals surface area contributed by atoms with E-state index in [1.807, 2.05) is 37.4 Å². The molecular formula is C15H18N2O. The number of hydrogen-bond acceptors (Lipinski definition) is 3. The zero-order valence-electron chi connectivity index (χ0n) is 10.7. The van der Waals surface area contributed by atoms with E-state index in [1.165, 1.54) is 5.56 Å². The third kappa shape index (κ3) is 2.87. The van der Waals surface area contributed by atoms with E-state index in [1.54, 1.807) is 13.1 Å². The number of nitrogens with zero attached hydrogens (tertiary/aromatic N) is 2. The third-order valence-electron chi connectivity index (χ3n) is 2.89. The molecule has 0 radical (unpaired) electrons. The smallest absolute Gasteiger partial charge is 0.134 e. The Kier molecular flexibility index (Phi) is 3.95. The van der Waals surface area contributed by atoms with Crippen LogP contribution < -0.4 is 4.90 Å². The molecule has 18 heavy (non-hydrogen) atoms. The zero-order valence-corrected chi connectivity index (χ0v) is 10.7. The van der Waals surface area contributed by atoms with E-state index in [9.17, 15) is 5.11 Å². The van der Waals surface area contributed by atoms with Gasteiger partial charge in [-0.15, -0.1) is 0 Å². The minimum Gasteiger partial charge on any atom is -0.389 e. The standard InChI is InChI=1S/C15H18N2O/c1-12(18)14-9-6-10-16-15(14)17(2)11-13-7-4-3-5-8-13/h3-10,12,18H,11H2,1-2H3/t12-/m0/s1. The maximum Gasteiger partial charge on any atom is 0.134 e. The van der Waals surface area contributed by atoms with Crippen molar-refractivity contribution in [1.29, 1.82) is 0 Å². The predicted molar refractivity (Wildman–Crippen MR) is 73.4 cm³/mol. The van der Waals surface area contributed by atoms with Crippen molar-refractivity contribution in [3.8, 4) is 0 Å². The Morgan fingerprint density at radius 3 is 2.56 bits per heavy atom. The summed E-state index contributed by atoms with van der Waals surface area (Å²) >= 11 is 0. The van der Waals surface area contributed by atoms with Gasteiger partial charge in [0.25, 0.3) is 0 Å². The Hall–Kier alpha value is -1.87. The number of benzene rings is 1. The second-order valence-corrected chi connectivity index (χ2v) is 4.43. The van der Waals surface area contributed by atoms with Crippen molar-refractivity contribution < 1.29 is 5.11 Å². The topological polar surface area (TPSA) is 36.4 Å². The zero-order chi connectivity index (χ0) is 13.0. The molecular weight excluding hydrogens is 224 g/mol. The van der Waals surface area contributed by atoms with E-state index in [0.717, 1.165) is 17.9 Å². The van der Waals surface area contributed by atoms with Gasteiger partial charge in [0.05, 0.1) is 6.10 Å². The Bertz CT molecular complexity index is 497. The van der Waals surface area contributed by atoms with Crippen LogP contribution in [-0.2, 0) is 6.54 Å². The summed E-state index contributed by atoms with van der Waals surface area (Å²) < 4.78 is 0. The summed E-state index contributed by atoms with van der Waals surface area (Å²) in [5.74, 6) is 0.830. The van der Waals surface area contributed by atoms with Crippen molar-refractivity contribution in [3.63, 3.8) is 0 Å². The highest BCUT2D eigenvalue weighted by Gasteiger charge is 2.12. The van der Waals surface area contributed by atoms with Gasteiger partial charge in [0.1, 0.15) is 5.82 Å². The van der Waals surface area contributed by atoms with E-state index < -0.39 is 6.10 Å². The summed E-state index contributed by atoms with van der Waals surface area (Å²) in [4.78, 5) is 6.41. The molecule has 2 aromatic rings. The molecule has 0 fully saturated rings. The summed E-state index contributed by atoms with van der Waals surface area (Å²) in [5, 5.41) is 9.75. The quantitative estimate of drug-likeness (QED) is 0.895. The van der Waals surface area contributed by atoms with Crippen LogP contribution in [0.1, 0.15) is 24.2 Å². The van der Waals surface area contributed by atoms with Gasteiger partial charge in [-0.3, -0.25) is 0 Å². The van der Waals surface area contributed by atoms with Crippen LogP contribution in [0, 0.1) is 0 Å². The third-order valence-corrected chi connectivity index (χ3v) is 2.89. The molecule has 0 amide bonds. The molecule has 0 aliphatic rings. The highest BCUT2D eigenvalue weighted by molar-refractivity contribution is 5.47. The lowest BCUT2D eigenvalue weighted by Crippen LogP contribution is -2.19. The molecule has 1 heterocycles. The van der Waals surface area contributed by atoms with Gasteiger partial charge < -0.3 is 10.0 Å². The molecule has 0 bridgehead atoms. The van der Waals surface area contributed by atoms with Crippen LogP contribution in [0.4, 0.5) is 5.82 Å². The average molecular weight is 242 g/mol. The van der Waals surface area contributed by atoms with Crippen LogP contribution in [0.5, 0.6) is 0 Å². The van der Waals surface area contributed by atoms with Crippen LogP contribution in [0.3, 0.4) is 0 Å². The summed E-state index contributed by atoms with van der Waals surface area (Å²) in [6.45, 7) is 2.54. The van der Waals surface area contributed by atoms with Gasteiger partial charge in [0, 0.05) is 25.4 Å². The van der Waals surface area contributed by atoms with E-state index in [0.29, 0.717) is 0 Å². The van der Waals surface area contributed by atoms with E-state index in [4.69, 9.17) is 0 Å². The largest absolute Gasteiger partial charge is 0.389 e. The molecule has 94 valence electrons. The summed E-state index contributed by atoms with van der Waals surface area (Å²) in [6, 6.07) is 14.0. The molecule has 1 aromatic heterocycles. The van der Waals surface area contributed by atoms with Crippen molar-refractivity contribution in [1.82, 2.24) is 4.98 Å².